The van der Waals surface area contributed by atoms with E-state index in [4.69, 9.17) is 0 Å². The first-order valence-electron chi connectivity index (χ1n) is 9.11. The molecule has 1 aromatic carbocycles. The van der Waals surface area contributed by atoms with E-state index in [0.717, 1.165) is 43.0 Å². The first kappa shape index (κ1) is 17.7. The first-order valence-corrected chi connectivity index (χ1v) is 9.98. The smallest absolute Gasteiger partial charge is 0.235 e. The summed E-state index contributed by atoms with van der Waals surface area (Å²) in [4.78, 5) is 18.7. The van der Waals surface area contributed by atoms with Crippen molar-refractivity contribution in [2.45, 2.75) is 30.2 Å². The number of pyridine rings is 1. The third kappa shape index (κ3) is 3.73. The summed E-state index contributed by atoms with van der Waals surface area (Å²) in [6.07, 6.45) is 5.67. The van der Waals surface area contributed by atoms with Crippen LogP contribution in [0.4, 0.5) is 0 Å². The predicted octanol–water partition coefficient (Wildman–Crippen LogP) is 3.43. The second-order valence-electron chi connectivity index (χ2n) is 6.51. The second-order valence-corrected chi connectivity index (χ2v) is 7.81. The highest BCUT2D eigenvalue weighted by Crippen LogP contribution is 2.30. The maximum absolute atomic E-state index is 12.7. The maximum Gasteiger partial charge on any atom is 0.235 e. The van der Waals surface area contributed by atoms with Gasteiger partial charge in [-0.2, -0.15) is 0 Å². The van der Waals surface area contributed by atoms with Gasteiger partial charge in [0.15, 0.2) is 11.0 Å². The van der Waals surface area contributed by atoms with Crippen LogP contribution in [0.5, 0.6) is 0 Å². The molecule has 0 bridgehead atoms. The highest BCUT2D eigenvalue weighted by molar-refractivity contribution is 8.00. The van der Waals surface area contributed by atoms with Gasteiger partial charge >= 0.3 is 0 Å². The molecule has 2 aromatic heterocycles. The van der Waals surface area contributed by atoms with Gasteiger partial charge in [0.2, 0.25) is 5.91 Å². The zero-order valence-corrected chi connectivity index (χ0v) is 16.0. The minimum Gasteiger partial charge on any atom is -0.342 e. The molecule has 1 atom stereocenters. The molecule has 0 spiro atoms. The maximum atomic E-state index is 12.7. The number of aromatic nitrogens is 4. The zero-order valence-electron chi connectivity index (χ0n) is 15.2. The fourth-order valence-corrected chi connectivity index (χ4v) is 4.20. The van der Waals surface area contributed by atoms with Crippen molar-refractivity contribution >= 4 is 17.7 Å². The Morgan fingerprint density at radius 3 is 2.44 bits per heavy atom. The summed E-state index contributed by atoms with van der Waals surface area (Å²) >= 11 is 1.46. The third-order valence-electron chi connectivity index (χ3n) is 4.63. The highest BCUT2D eigenvalue weighted by atomic mass is 32.2. The van der Waals surface area contributed by atoms with E-state index >= 15 is 0 Å². The Kier molecular flexibility index (Phi) is 5.20. The third-order valence-corrected chi connectivity index (χ3v) is 5.66. The van der Waals surface area contributed by atoms with Crippen molar-refractivity contribution in [3.05, 3.63) is 54.9 Å². The van der Waals surface area contributed by atoms with Crippen molar-refractivity contribution < 1.29 is 4.79 Å². The van der Waals surface area contributed by atoms with Crippen LogP contribution in [0.15, 0.2) is 60.0 Å². The van der Waals surface area contributed by atoms with Crippen molar-refractivity contribution in [3.8, 4) is 17.1 Å². The van der Waals surface area contributed by atoms with Crippen molar-refractivity contribution in [3.63, 3.8) is 0 Å². The lowest BCUT2D eigenvalue weighted by Gasteiger charge is -2.20. The Morgan fingerprint density at radius 1 is 1.04 bits per heavy atom. The number of hydrogen-bond donors (Lipinski definition) is 0. The van der Waals surface area contributed by atoms with Gasteiger partial charge < -0.3 is 4.90 Å². The average Bonchev–Trinajstić information content (AvgIpc) is 3.39. The van der Waals surface area contributed by atoms with E-state index in [0.29, 0.717) is 5.16 Å². The van der Waals surface area contributed by atoms with Crippen molar-refractivity contribution in [2.24, 2.45) is 0 Å². The molecule has 0 N–H and O–H groups in total. The Morgan fingerprint density at radius 2 is 1.74 bits per heavy atom. The van der Waals surface area contributed by atoms with E-state index in [9.17, 15) is 4.79 Å². The fraction of sp³-hybridized carbons (Fsp3) is 0.300. The summed E-state index contributed by atoms with van der Waals surface area (Å²) in [6.45, 7) is 3.66. The quantitative estimate of drug-likeness (QED) is 0.636. The number of para-hydroxylation sites is 1. The van der Waals surface area contributed by atoms with Crippen LogP contribution < -0.4 is 0 Å². The minimum atomic E-state index is -0.208. The van der Waals surface area contributed by atoms with Crippen LogP contribution in [-0.2, 0) is 4.79 Å². The Balaban J connectivity index is 1.68. The van der Waals surface area contributed by atoms with E-state index in [1.807, 2.05) is 58.9 Å². The van der Waals surface area contributed by atoms with Crippen LogP contribution >= 0.6 is 11.8 Å². The van der Waals surface area contributed by atoms with Crippen LogP contribution in [0.2, 0.25) is 0 Å². The molecular formula is C20H21N5OS. The molecule has 0 saturated carbocycles. The number of thioether (sulfide) groups is 1. The van der Waals surface area contributed by atoms with Crippen LogP contribution in [0, 0.1) is 0 Å². The van der Waals surface area contributed by atoms with Gasteiger partial charge in [0.05, 0.1) is 5.25 Å². The molecule has 4 rings (SSSR count). The number of hydrogen-bond acceptors (Lipinski definition) is 5. The molecular weight excluding hydrogens is 358 g/mol. The molecule has 6 nitrogen and oxygen atoms in total. The molecule has 1 saturated heterocycles. The molecule has 1 amide bonds. The van der Waals surface area contributed by atoms with Crippen LogP contribution in [-0.4, -0.2) is 48.9 Å². The molecule has 1 unspecified atom stereocenters. The molecule has 1 aliphatic rings. The van der Waals surface area contributed by atoms with Gasteiger partial charge in [-0.1, -0.05) is 30.0 Å². The molecule has 1 aliphatic heterocycles. The summed E-state index contributed by atoms with van der Waals surface area (Å²) in [5.41, 5.74) is 1.91. The van der Waals surface area contributed by atoms with Gasteiger partial charge in [0.1, 0.15) is 0 Å². The van der Waals surface area contributed by atoms with E-state index in [1.54, 1.807) is 12.4 Å². The summed E-state index contributed by atoms with van der Waals surface area (Å²) in [5, 5.41) is 9.32. The summed E-state index contributed by atoms with van der Waals surface area (Å²) in [5.74, 6) is 0.914. The number of carbonyl (C=O) groups excluding carboxylic acids is 1. The number of carbonyl (C=O) groups is 1. The summed E-state index contributed by atoms with van der Waals surface area (Å²) < 4.78 is 2.01. The number of benzene rings is 1. The molecule has 0 aliphatic carbocycles. The first-order chi connectivity index (χ1) is 13.2. The number of amides is 1. The molecule has 138 valence electrons. The van der Waals surface area contributed by atoms with E-state index in [1.165, 1.54) is 11.8 Å². The fourth-order valence-electron chi connectivity index (χ4n) is 3.25. The van der Waals surface area contributed by atoms with E-state index in [-0.39, 0.29) is 11.2 Å². The normalized spacial score (nSPS) is 15.1. The van der Waals surface area contributed by atoms with Crippen LogP contribution in [0.3, 0.4) is 0 Å². The Bertz CT molecular complexity index is 907. The van der Waals surface area contributed by atoms with Gasteiger partial charge in [0.25, 0.3) is 0 Å². The van der Waals surface area contributed by atoms with Gasteiger partial charge in [-0.05, 0) is 44.0 Å². The SMILES string of the molecule is CC(Sc1nnc(-c2ccncc2)n1-c1ccccc1)C(=O)N1CCCC1. The van der Waals surface area contributed by atoms with Crippen molar-refractivity contribution in [1.82, 2.24) is 24.6 Å². The molecule has 1 fully saturated rings. The van der Waals surface area contributed by atoms with Gasteiger partial charge in [-0.25, -0.2) is 0 Å². The summed E-state index contributed by atoms with van der Waals surface area (Å²) in [7, 11) is 0. The predicted molar refractivity (Wildman–Crippen MR) is 106 cm³/mol. The number of nitrogens with zero attached hydrogens (tertiary/aromatic N) is 5. The van der Waals surface area contributed by atoms with Gasteiger partial charge in [0, 0.05) is 36.7 Å². The molecule has 27 heavy (non-hydrogen) atoms. The Labute approximate surface area is 162 Å². The van der Waals surface area contributed by atoms with Crippen LogP contribution in [0.1, 0.15) is 19.8 Å². The average molecular weight is 379 g/mol. The topological polar surface area (TPSA) is 63.9 Å². The molecule has 3 heterocycles. The monoisotopic (exact) mass is 379 g/mol. The molecule has 3 aromatic rings. The zero-order chi connectivity index (χ0) is 18.6. The molecule has 0 radical (unpaired) electrons. The van der Waals surface area contributed by atoms with E-state index in [2.05, 4.69) is 15.2 Å². The Hall–Kier alpha value is -2.67. The van der Waals surface area contributed by atoms with Gasteiger partial charge in [-0.15, -0.1) is 10.2 Å². The van der Waals surface area contributed by atoms with Gasteiger partial charge in [-0.3, -0.25) is 14.3 Å². The number of likely N-dealkylation sites (tertiary alicyclic amines) is 1. The standard InChI is InChI=1S/C20H21N5OS/c1-15(19(26)24-13-5-6-14-24)27-20-23-22-18(16-9-11-21-12-10-16)25(20)17-7-3-2-4-8-17/h2-4,7-12,15H,5-6,13-14H2,1H3. The lowest BCUT2D eigenvalue weighted by molar-refractivity contribution is -0.129. The largest absolute Gasteiger partial charge is 0.342 e. The van der Waals surface area contributed by atoms with Crippen LogP contribution in [0.25, 0.3) is 17.1 Å². The van der Waals surface area contributed by atoms with E-state index < -0.39 is 0 Å². The van der Waals surface area contributed by atoms with Crippen molar-refractivity contribution in [1.29, 1.82) is 0 Å². The number of rotatable bonds is 5. The lowest BCUT2D eigenvalue weighted by atomic mass is 10.2. The highest BCUT2D eigenvalue weighted by Gasteiger charge is 2.26. The second kappa shape index (κ2) is 7.92. The molecule has 7 heteroatoms. The summed E-state index contributed by atoms with van der Waals surface area (Å²) in [6, 6.07) is 13.8. The van der Waals surface area contributed by atoms with Crippen molar-refractivity contribution in [2.75, 3.05) is 13.1 Å². The minimum absolute atomic E-state index is 0.172. The lowest BCUT2D eigenvalue weighted by Crippen LogP contribution is -2.34.